The number of carbonyl (C=O) groups is 1. The van der Waals surface area contributed by atoms with Crippen LogP contribution in [0.5, 0.6) is 0 Å². The highest BCUT2D eigenvalue weighted by Gasteiger charge is 2.16. The van der Waals surface area contributed by atoms with E-state index in [9.17, 15) is 4.79 Å². The van der Waals surface area contributed by atoms with E-state index in [1.54, 1.807) is 24.3 Å². The summed E-state index contributed by atoms with van der Waals surface area (Å²) in [7, 11) is 0. The van der Waals surface area contributed by atoms with Crippen LogP contribution < -0.4 is 10.6 Å². The third-order valence-electron chi connectivity index (χ3n) is 4.59. The summed E-state index contributed by atoms with van der Waals surface area (Å²) in [5.74, 6) is 0. The molecule has 2 aromatic carbocycles. The van der Waals surface area contributed by atoms with Crippen LogP contribution in [-0.2, 0) is 12.8 Å². The Labute approximate surface area is 148 Å². The highest BCUT2D eigenvalue weighted by molar-refractivity contribution is 6.30. The lowest BCUT2D eigenvalue weighted by molar-refractivity contribution is 0.248. The van der Waals surface area contributed by atoms with Gasteiger partial charge in [0.2, 0.25) is 0 Å². The number of fused-ring (bicyclic) bond motifs is 1. The molecule has 0 aromatic heterocycles. The molecule has 0 fully saturated rings. The maximum atomic E-state index is 12.3. The fourth-order valence-electron chi connectivity index (χ4n) is 3.25. The molecule has 3 nitrogen and oxygen atoms in total. The largest absolute Gasteiger partial charge is 0.331 e. The van der Waals surface area contributed by atoms with Gasteiger partial charge in [0.1, 0.15) is 0 Å². The van der Waals surface area contributed by atoms with E-state index < -0.39 is 0 Å². The highest BCUT2D eigenvalue weighted by atomic mass is 35.5. The minimum atomic E-state index is -0.193. The number of urea groups is 1. The van der Waals surface area contributed by atoms with E-state index in [1.807, 2.05) is 0 Å². The van der Waals surface area contributed by atoms with Gasteiger partial charge in [0.15, 0.2) is 0 Å². The number of anilines is 1. The van der Waals surface area contributed by atoms with Gasteiger partial charge >= 0.3 is 6.03 Å². The van der Waals surface area contributed by atoms with Crippen molar-refractivity contribution in [1.29, 1.82) is 0 Å². The average Bonchev–Trinajstić information content (AvgIpc) is 2.61. The van der Waals surface area contributed by atoms with Gasteiger partial charge in [0.25, 0.3) is 0 Å². The van der Waals surface area contributed by atoms with Crippen LogP contribution in [0.3, 0.4) is 0 Å². The molecule has 0 aliphatic heterocycles. The van der Waals surface area contributed by atoms with Gasteiger partial charge in [-0.25, -0.2) is 4.79 Å². The molecule has 0 spiro atoms. The smallest absolute Gasteiger partial charge is 0.319 e. The molecular weight excluding hydrogens is 320 g/mol. The van der Waals surface area contributed by atoms with E-state index in [2.05, 4.69) is 35.8 Å². The quantitative estimate of drug-likeness (QED) is 0.757. The van der Waals surface area contributed by atoms with Crippen molar-refractivity contribution in [2.45, 2.75) is 45.1 Å². The lowest BCUT2D eigenvalue weighted by atomic mass is 9.89. The first kappa shape index (κ1) is 16.8. The van der Waals surface area contributed by atoms with E-state index in [0.717, 1.165) is 18.5 Å². The summed E-state index contributed by atoms with van der Waals surface area (Å²) >= 11 is 5.86. The van der Waals surface area contributed by atoms with Gasteiger partial charge < -0.3 is 10.6 Å². The lowest BCUT2D eigenvalue weighted by Crippen LogP contribution is -2.32. The van der Waals surface area contributed by atoms with Crippen LogP contribution in [0.25, 0.3) is 0 Å². The molecule has 1 aliphatic carbocycles. The zero-order chi connectivity index (χ0) is 16.9. The van der Waals surface area contributed by atoms with Gasteiger partial charge in [0, 0.05) is 10.7 Å². The van der Waals surface area contributed by atoms with E-state index in [4.69, 9.17) is 11.6 Å². The van der Waals surface area contributed by atoms with Crippen molar-refractivity contribution in [3.8, 4) is 0 Å². The fraction of sp³-hybridized carbons (Fsp3) is 0.350. The standard InChI is InChI=1S/C20H23ClN2O/c1-2-19(16-8-7-14-5-3-4-6-15(14)13-16)23-20(24)22-18-11-9-17(21)10-12-18/h7-13,19H,2-6H2,1H3,(H2,22,23,24)/t19-/m1/s1. The number of benzene rings is 2. The Balaban J connectivity index is 1.67. The zero-order valence-corrected chi connectivity index (χ0v) is 14.7. The molecule has 2 N–H and O–H groups in total. The highest BCUT2D eigenvalue weighted by Crippen LogP contribution is 2.26. The van der Waals surface area contributed by atoms with Crippen molar-refractivity contribution in [3.63, 3.8) is 0 Å². The molecule has 2 aromatic rings. The molecule has 0 radical (unpaired) electrons. The summed E-state index contributed by atoms with van der Waals surface area (Å²) in [4.78, 5) is 12.3. The summed E-state index contributed by atoms with van der Waals surface area (Å²) in [6.45, 7) is 2.09. The number of halogens is 1. The van der Waals surface area contributed by atoms with E-state index >= 15 is 0 Å². The summed E-state index contributed by atoms with van der Waals surface area (Å²) in [6, 6.07) is 13.6. The van der Waals surface area contributed by atoms with Crippen molar-refractivity contribution >= 4 is 23.3 Å². The Morgan fingerprint density at radius 3 is 2.50 bits per heavy atom. The monoisotopic (exact) mass is 342 g/mol. The van der Waals surface area contributed by atoms with Crippen molar-refractivity contribution in [2.24, 2.45) is 0 Å². The average molecular weight is 343 g/mol. The van der Waals surface area contributed by atoms with Crippen LogP contribution in [0.1, 0.15) is 48.9 Å². The number of hydrogen-bond acceptors (Lipinski definition) is 1. The Kier molecular flexibility index (Phi) is 5.41. The van der Waals surface area contributed by atoms with Crippen molar-refractivity contribution in [2.75, 3.05) is 5.32 Å². The zero-order valence-electron chi connectivity index (χ0n) is 13.9. The van der Waals surface area contributed by atoms with Crippen molar-refractivity contribution in [3.05, 3.63) is 64.2 Å². The van der Waals surface area contributed by atoms with Crippen molar-refractivity contribution < 1.29 is 4.79 Å². The maximum absolute atomic E-state index is 12.3. The Bertz CT molecular complexity index is 712. The molecule has 3 rings (SSSR count). The molecule has 0 heterocycles. The normalized spacial score (nSPS) is 14.6. The summed E-state index contributed by atoms with van der Waals surface area (Å²) in [5, 5.41) is 6.58. The van der Waals surface area contributed by atoms with Crippen molar-refractivity contribution in [1.82, 2.24) is 5.32 Å². The molecule has 2 amide bonds. The molecule has 0 unspecified atom stereocenters. The predicted molar refractivity (Wildman–Crippen MR) is 99.7 cm³/mol. The SMILES string of the molecule is CC[C@@H](NC(=O)Nc1ccc(Cl)cc1)c1ccc2c(c1)CCCC2. The van der Waals surface area contributed by atoms with E-state index in [-0.39, 0.29) is 12.1 Å². The van der Waals surface area contributed by atoms with Gasteiger partial charge in [-0.3, -0.25) is 0 Å². The Morgan fingerprint density at radius 2 is 1.79 bits per heavy atom. The third-order valence-corrected chi connectivity index (χ3v) is 4.84. The summed E-state index contributed by atoms with van der Waals surface area (Å²) < 4.78 is 0. The molecule has 1 aliphatic rings. The molecule has 0 saturated heterocycles. The molecule has 4 heteroatoms. The van der Waals surface area contributed by atoms with E-state index in [1.165, 1.54) is 36.0 Å². The molecule has 0 bridgehead atoms. The Morgan fingerprint density at radius 1 is 1.08 bits per heavy atom. The minimum Gasteiger partial charge on any atom is -0.331 e. The Hall–Kier alpha value is -2.00. The van der Waals surface area contributed by atoms with Crippen LogP contribution in [0.2, 0.25) is 5.02 Å². The molecule has 24 heavy (non-hydrogen) atoms. The molecular formula is C20H23ClN2O. The number of carbonyl (C=O) groups excluding carboxylic acids is 1. The van der Waals surface area contributed by atoms with Crippen LogP contribution in [-0.4, -0.2) is 6.03 Å². The number of hydrogen-bond donors (Lipinski definition) is 2. The first-order chi connectivity index (χ1) is 11.7. The number of amides is 2. The number of rotatable bonds is 4. The molecule has 0 saturated carbocycles. The van der Waals surface area contributed by atoms with E-state index in [0.29, 0.717) is 5.02 Å². The summed E-state index contributed by atoms with van der Waals surface area (Å²) in [6.07, 6.45) is 5.73. The third kappa shape index (κ3) is 4.09. The first-order valence-electron chi connectivity index (χ1n) is 8.60. The number of aryl methyl sites for hydroxylation is 2. The topological polar surface area (TPSA) is 41.1 Å². The maximum Gasteiger partial charge on any atom is 0.319 e. The van der Waals surface area contributed by atoms with Gasteiger partial charge in [-0.15, -0.1) is 0 Å². The predicted octanol–water partition coefficient (Wildman–Crippen LogP) is 5.49. The fourth-order valence-corrected chi connectivity index (χ4v) is 3.38. The lowest BCUT2D eigenvalue weighted by Gasteiger charge is -2.22. The second-order valence-electron chi connectivity index (χ2n) is 6.30. The minimum absolute atomic E-state index is 0.0181. The second kappa shape index (κ2) is 7.71. The first-order valence-corrected chi connectivity index (χ1v) is 8.98. The molecule has 1 atom stereocenters. The summed E-state index contributed by atoms with van der Waals surface area (Å²) in [5.41, 5.74) is 4.82. The van der Waals surface area contributed by atoms with Gasteiger partial charge in [-0.05, 0) is 73.1 Å². The molecule has 126 valence electrons. The van der Waals surface area contributed by atoms with Crippen LogP contribution in [0.4, 0.5) is 10.5 Å². The van der Waals surface area contributed by atoms with Gasteiger partial charge in [-0.2, -0.15) is 0 Å². The van der Waals surface area contributed by atoms with Gasteiger partial charge in [-0.1, -0.05) is 36.7 Å². The van der Waals surface area contributed by atoms with Crippen LogP contribution in [0, 0.1) is 0 Å². The second-order valence-corrected chi connectivity index (χ2v) is 6.74. The van der Waals surface area contributed by atoms with Gasteiger partial charge in [0.05, 0.1) is 6.04 Å². The number of nitrogens with one attached hydrogen (secondary N) is 2. The van der Waals surface area contributed by atoms with Crippen LogP contribution in [0.15, 0.2) is 42.5 Å². The van der Waals surface area contributed by atoms with Crippen LogP contribution >= 0.6 is 11.6 Å².